The van der Waals surface area contributed by atoms with Gasteiger partial charge in [-0.25, -0.2) is 8.78 Å². The lowest BCUT2D eigenvalue weighted by Crippen LogP contribution is -2.55. The molecule has 47 heavy (non-hydrogen) atoms. The average molecular weight is 648 g/mol. The van der Waals surface area contributed by atoms with Crippen molar-refractivity contribution in [3.8, 4) is 0 Å². The van der Waals surface area contributed by atoms with Crippen LogP contribution in [0.5, 0.6) is 0 Å². The number of carbonyl (C=O) groups excluding carboxylic acids is 3. The van der Waals surface area contributed by atoms with Crippen molar-refractivity contribution in [3.05, 3.63) is 101 Å². The van der Waals surface area contributed by atoms with Crippen LogP contribution in [-0.4, -0.2) is 65.7 Å². The molecule has 0 spiro atoms. The van der Waals surface area contributed by atoms with Crippen LogP contribution in [0.3, 0.4) is 0 Å². The van der Waals surface area contributed by atoms with E-state index in [0.29, 0.717) is 63.1 Å². The Labute approximate surface area is 272 Å². The van der Waals surface area contributed by atoms with Gasteiger partial charge in [-0.2, -0.15) is 0 Å². The third-order valence-corrected chi connectivity index (χ3v) is 9.65. The Hall–Kier alpha value is -4.19. The van der Waals surface area contributed by atoms with Gasteiger partial charge in [0.15, 0.2) is 0 Å². The zero-order valence-electron chi connectivity index (χ0n) is 26.0. The van der Waals surface area contributed by atoms with E-state index in [9.17, 15) is 28.3 Å². The standard InChI is InChI=1S/C36H39F2N3O6/c37-26-9-7-24(8-10-26)31(42)16-15-29-33(41(35(29)45)28-13-11-27(38)12-14-28)25-5-3-23(4-6-25)17-18-36(21-46-22-36)47-20-32(43)40-19-1-2-30(40)34(39)44/h3-14,29-31,33,42H,1-2,15-22H2,(H2,39,44)/t29-,30-,31+,33-/m1/s1. The fourth-order valence-corrected chi connectivity index (χ4v) is 6.83. The van der Waals surface area contributed by atoms with Crippen molar-refractivity contribution in [2.45, 2.75) is 62.3 Å². The lowest BCUT2D eigenvalue weighted by molar-refractivity contribution is -0.214. The number of amides is 3. The van der Waals surface area contributed by atoms with Gasteiger partial charge in [-0.3, -0.25) is 14.4 Å². The van der Waals surface area contributed by atoms with Crippen molar-refractivity contribution < 1.29 is 37.7 Å². The molecule has 3 saturated heterocycles. The molecule has 3 aromatic carbocycles. The number of carbonyl (C=O) groups is 3. The number of ether oxygens (including phenoxy) is 2. The number of nitrogens with two attached hydrogens (primary N) is 1. The zero-order valence-corrected chi connectivity index (χ0v) is 26.0. The summed E-state index contributed by atoms with van der Waals surface area (Å²) in [5.41, 5.74) is 8.01. The molecule has 3 aromatic rings. The average Bonchev–Trinajstić information content (AvgIpc) is 3.55. The number of anilines is 1. The van der Waals surface area contributed by atoms with E-state index in [1.807, 2.05) is 24.3 Å². The van der Waals surface area contributed by atoms with Gasteiger partial charge >= 0.3 is 0 Å². The number of halogens is 2. The normalized spacial score (nSPS) is 22.4. The van der Waals surface area contributed by atoms with Gasteiger partial charge in [-0.15, -0.1) is 0 Å². The minimum Gasteiger partial charge on any atom is -0.388 e. The monoisotopic (exact) mass is 647 g/mol. The number of rotatable bonds is 13. The molecule has 3 fully saturated rings. The molecule has 3 N–H and O–H groups in total. The Morgan fingerprint density at radius 2 is 1.66 bits per heavy atom. The molecule has 0 saturated carbocycles. The molecule has 3 aliphatic heterocycles. The fraction of sp³-hybridized carbons (Fsp3) is 0.417. The summed E-state index contributed by atoms with van der Waals surface area (Å²) in [5.74, 6) is -2.02. The molecule has 0 radical (unpaired) electrons. The molecule has 4 atom stereocenters. The fourth-order valence-electron chi connectivity index (χ4n) is 6.83. The van der Waals surface area contributed by atoms with E-state index >= 15 is 0 Å². The smallest absolute Gasteiger partial charge is 0.249 e. The van der Waals surface area contributed by atoms with Crippen molar-refractivity contribution in [2.75, 3.05) is 31.3 Å². The van der Waals surface area contributed by atoms with E-state index in [0.717, 1.165) is 17.5 Å². The Bertz CT molecular complexity index is 1580. The molecule has 0 aromatic heterocycles. The summed E-state index contributed by atoms with van der Waals surface area (Å²) in [6.07, 6.45) is 2.50. The number of aliphatic hydroxyl groups is 1. The first kappa shape index (κ1) is 32.7. The molecule has 0 aliphatic carbocycles. The number of aryl methyl sites for hydroxylation is 1. The summed E-state index contributed by atoms with van der Waals surface area (Å²) in [4.78, 5) is 41.1. The number of hydrogen-bond donors (Lipinski definition) is 2. The molecular formula is C36H39F2N3O6. The molecule has 0 unspecified atom stereocenters. The van der Waals surface area contributed by atoms with Gasteiger partial charge in [0, 0.05) is 12.2 Å². The summed E-state index contributed by atoms with van der Waals surface area (Å²) < 4.78 is 38.6. The number of benzene rings is 3. The highest BCUT2D eigenvalue weighted by atomic mass is 19.1. The van der Waals surface area contributed by atoms with Crippen LogP contribution in [0.1, 0.15) is 60.9 Å². The third-order valence-electron chi connectivity index (χ3n) is 9.65. The molecule has 3 aliphatic rings. The lowest BCUT2D eigenvalue weighted by Gasteiger charge is -2.48. The second-order valence-corrected chi connectivity index (χ2v) is 12.7. The van der Waals surface area contributed by atoms with Gasteiger partial charge < -0.3 is 30.1 Å². The molecule has 3 heterocycles. The molecule has 3 amide bonds. The number of primary amides is 1. The highest BCUT2D eigenvalue weighted by Gasteiger charge is 2.48. The summed E-state index contributed by atoms with van der Waals surface area (Å²) in [6.45, 7) is 1.10. The molecule has 248 valence electrons. The summed E-state index contributed by atoms with van der Waals surface area (Å²) in [6, 6.07) is 18.6. The van der Waals surface area contributed by atoms with E-state index in [1.165, 1.54) is 29.2 Å². The van der Waals surface area contributed by atoms with Crippen LogP contribution in [-0.2, 0) is 30.3 Å². The number of aliphatic hydroxyl groups excluding tert-OH is 1. The van der Waals surface area contributed by atoms with E-state index in [-0.39, 0.29) is 30.3 Å². The Morgan fingerprint density at radius 3 is 2.28 bits per heavy atom. The lowest BCUT2D eigenvalue weighted by atomic mass is 9.78. The van der Waals surface area contributed by atoms with Crippen LogP contribution in [0.15, 0.2) is 72.8 Å². The van der Waals surface area contributed by atoms with E-state index in [2.05, 4.69) is 0 Å². The van der Waals surface area contributed by atoms with Gasteiger partial charge in [-0.1, -0.05) is 36.4 Å². The molecule has 6 rings (SSSR count). The summed E-state index contributed by atoms with van der Waals surface area (Å²) >= 11 is 0. The first-order valence-corrected chi connectivity index (χ1v) is 16.1. The highest BCUT2D eigenvalue weighted by molar-refractivity contribution is 6.03. The second-order valence-electron chi connectivity index (χ2n) is 12.7. The maximum absolute atomic E-state index is 13.7. The summed E-state index contributed by atoms with van der Waals surface area (Å²) in [7, 11) is 0. The van der Waals surface area contributed by atoms with Crippen molar-refractivity contribution in [1.29, 1.82) is 0 Å². The Balaban J connectivity index is 1.10. The van der Waals surface area contributed by atoms with Crippen molar-refractivity contribution in [3.63, 3.8) is 0 Å². The van der Waals surface area contributed by atoms with Gasteiger partial charge in [0.25, 0.3) is 0 Å². The number of hydrogen-bond acceptors (Lipinski definition) is 6. The van der Waals surface area contributed by atoms with Crippen LogP contribution in [0.25, 0.3) is 0 Å². The number of β-lactam (4-membered cyclic amide) rings is 1. The highest BCUT2D eigenvalue weighted by Crippen LogP contribution is 2.46. The quantitative estimate of drug-likeness (QED) is 0.266. The maximum Gasteiger partial charge on any atom is 0.249 e. The Kier molecular flexibility index (Phi) is 9.67. The van der Waals surface area contributed by atoms with Gasteiger partial charge in [0.05, 0.1) is 31.3 Å². The minimum absolute atomic E-state index is 0.105. The topological polar surface area (TPSA) is 122 Å². The third kappa shape index (κ3) is 7.07. The van der Waals surface area contributed by atoms with E-state index < -0.39 is 35.4 Å². The van der Waals surface area contributed by atoms with Crippen molar-refractivity contribution in [1.82, 2.24) is 4.90 Å². The predicted octanol–water partition coefficient (Wildman–Crippen LogP) is 4.38. The van der Waals surface area contributed by atoms with Crippen molar-refractivity contribution >= 4 is 23.4 Å². The Morgan fingerprint density at radius 1 is 1.00 bits per heavy atom. The molecule has 0 bridgehead atoms. The first-order chi connectivity index (χ1) is 22.6. The van der Waals surface area contributed by atoms with E-state index in [4.69, 9.17) is 15.2 Å². The zero-order chi connectivity index (χ0) is 33.1. The van der Waals surface area contributed by atoms with Crippen LogP contribution in [0, 0.1) is 17.6 Å². The predicted molar refractivity (Wildman–Crippen MR) is 169 cm³/mol. The number of nitrogens with zero attached hydrogens (tertiary/aromatic N) is 2. The number of likely N-dealkylation sites (tertiary alicyclic amines) is 1. The minimum atomic E-state index is -0.841. The first-order valence-electron chi connectivity index (χ1n) is 16.1. The van der Waals surface area contributed by atoms with Crippen LogP contribution in [0.4, 0.5) is 14.5 Å². The van der Waals surface area contributed by atoms with Crippen LogP contribution in [0.2, 0.25) is 0 Å². The van der Waals surface area contributed by atoms with Crippen LogP contribution >= 0.6 is 0 Å². The molecular weight excluding hydrogens is 608 g/mol. The van der Waals surface area contributed by atoms with Gasteiger partial charge in [-0.05, 0) is 91.6 Å². The summed E-state index contributed by atoms with van der Waals surface area (Å²) in [5, 5.41) is 10.7. The maximum atomic E-state index is 13.7. The molecule has 11 heteroatoms. The van der Waals surface area contributed by atoms with Gasteiger partial charge in [0.1, 0.15) is 29.9 Å². The molecule has 9 nitrogen and oxygen atoms in total. The van der Waals surface area contributed by atoms with Crippen LogP contribution < -0.4 is 10.6 Å². The van der Waals surface area contributed by atoms with Crippen molar-refractivity contribution in [2.24, 2.45) is 11.7 Å². The SMILES string of the molecule is NC(=O)[C@H]1CCCN1C(=O)COC1(CCc2ccc([C@@H]3[C@@H](CC[C@H](O)c4ccc(F)cc4)C(=O)N3c3ccc(F)cc3)cc2)COC1. The van der Waals surface area contributed by atoms with Gasteiger partial charge in [0.2, 0.25) is 17.7 Å². The second kappa shape index (κ2) is 13.9. The van der Waals surface area contributed by atoms with E-state index in [1.54, 1.807) is 29.2 Å². The largest absolute Gasteiger partial charge is 0.388 e.